The predicted octanol–water partition coefficient (Wildman–Crippen LogP) is 1.47. The number of amides is 3. The van der Waals surface area contributed by atoms with Gasteiger partial charge in [-0.15, -0.1) is 12.5 Å². The number of carbonyl (C=O) groups is 2. The molecule has 4 rings (SSSR count). The van der Waals surface area contributed by atoms with Gasteiger partial charge in [0.25, 0.3) is 5.91 Å². The Bertz CT molecular complexity index is 1160. The smallest absolute Gasteiger partial charge is 0.496 e. The summed E-state index contributed by atoms with van der Waals surface area (Å²) in [5, 5.41) is 10.5. The number of nitrogens with one attached hydrogen (secondary N) is 1. The van der Waals surface area contributed by atoms with Crippen molar-refractivity contribution in [2.75, 3.05) is 32.1 Å². The number of methoxy groups -OCH3 is 1. The van der Waals surface area contributed by atoms with Crippen LogP contribution in [0.2, 0.25) is 0 Å². The Kier molecular flexibility index (Phi) is 11.4. The number of hydrogen-bond donors (Lipinski definition) is 1. The zero-order chi connectivity index (χ0) is 26.0. The monoisotopic (exact) mass is 508 g/mol. The van der Waals surface area contributed by atoms with Gasteiger partial charge in [0, 0.05) is 26.2 Å². The van der Waals surface area contributed by atoms with Crippen LogP contribution in [-0.2, 0) is 13.0 Å². The molecule has 0 bridgehead atoms. The van der Waals surface area contributed by atoms with Crippen molar-refractivity contribution in [3.8, 4) is 5.75 Å². The van der Waals surface area contributed by atoms with Gasteiger partial charge in [-0.1, -0.05) is 11.9 Å². The van der Waals surface area contributed by atoms with E-state index in [1.165, 1.54) is 6.42 Å². The van der Waals surface area contributed by atoms with Crippen LogP contribution in [-0.4, -0.2) is 65.9 Å². The summed E-state index contributed by atoms with van der Waals surface area (Å²) in [7, 11) is 1.55. The number of ether oxygens (including phenoxy) is 1. The van der Waals surface area contributed by atoms with E-state index in [0.29, 0.717) is 42.3 Å². The molecule has 1 fully saturated rings. The molecular weight excluding hydrogens is 475 g/mol. The molecule has 3 amide bonds. The first-order valence-corrected chi connectivity index (χ1v) is 12.8. The average Bonchev–Trinajstić information content (AvgIpc) is 2.94. The number of hydrogen-bond acceptors (Lipinski definition) is 6. The molecule has 10 heteroatoms. The first-order chi connectivity index (χ1) is 18.1. The fourth-order valence-electron chi connectivity index (χ4n) is 4.50. The van der Waals surface area contributed by atoms with E-state index in [4.69, 9.17) is 4.74 Å². The van der Waals surface area contributed by atoms with Gasteiger partial charge in [0.15, 0.2) is 0 Å². The molecule has 1 aromatic heterocycles. The third-order valence-electron chi connectivity index (χ3n) is 6.49. The van der Waals surface area contributed by atoms with E-state index in [1.54, 1.807) is 25.3 Å². The van der Waals surface area contributed by atoms with Crippen LogP contribution in [0.1, 0.15) is 65.7 Å². The summed E-state index contributed by atoms with van der Waals surface area (Å²) < 4.78 is 5.54. The van der Waals surface area contributed by atoms with Gasteiger partial charge < -0.3 is 43.2 Å². The summed E-state index contributed by atoms with van der Waals surface area (Å²) >= 11 is 0. The first-order valence-electron chi connectivity index (χ1n) is 12.8. The number of piperidine rings is 1. The molecule has 0 atom stereocenters. The Morgan fingerprint density at radius 3 is 2.68 bits per heavy atom. The van der Waals surface area contributed by atoms with Crippen LogP contribution in [0.15, 0.2) is 40.5 Å². The second kappa shape index (κ2) is 14.7. The molecule has 2 aromatic rings. The zero-order valence-corrected chi connectivity index (χ0v) is 22.3. The standard InChI is InChI=1S/C28H33N6O3.Li/c1-3-4-6-13-29-30-19-23-10-9-11-26(31-23)32-27(35)24-17-22-20-34(16-12-21(22)18-25(24)37-2)28(36)33-14-7-5-8-15-33;/h9-11,17-18H,1,3-8,12,14-16,20H2,2H3,(H,31,32,35);/q-3;+1. The van der Waals surface area contributed by atoms with Crippen LogP contribution in [0.3, 0.4) is 0 Å². The van der Waals surface area contributed by atoms with E-state index in [0.717, 1.165) is 56.3 Å². The molecule has 0 saturated carbocycles. The second-order valence-corrected chi connectivity index (χ2v) is 9.11. The maximum atomic E-state index is 13.2. The molecule has 2 aliphatic rings. The topological polar surface area (TPSA) is 99.5 Å². The summed E-state index contributed by atoms with van der Waals surface area (Å²) in [5.41, 5.74) is 2.88. The van der Waals surface area contributed by atoms with Gasteiger partial charge in [-0.25, -0.2) is 4.79 Å². The summed E-state index contributed by atoms with van der Waals surface area (Å²) in [4.78, 5) is 34.4. The quantitative estimate of drug-likeness (QED) is 0.192. The minimum Gasteiger partial charge on any atom is -0.496 e. The average molecular weight is 509 g/mol. The third kappa shape index (κ3) is 7.68. The van der Waals surface area contributed by atoms with Gasteiger partial charge in [-0.2, -0.15) is 18.9 Å². The van der Waals surface area contributed by atoms with Crippen LogP contribution in [0, 0.1) is 6.92 Å². The summed E-state index contributed by atoms with van der Waals surface area (Å²) in [6.45, 7) is 6.52. The van der Waals surface area contributed by atoms with Crippen LogP contribution < -0.4 is 28.9 Å². The van der Waals surface area contributed by atoms with Crippen molar-refractivity contribution in [2.45, 2.75) is 51.5 Å². The molecule has 1 saturated heterocycles. The number of likely N-dealkylation sites (tertiary alicyclic amines) is 1. The molecule has 0 spiro atoms. The second-order valence-electron chi connectivity index (χ2n) is 9.11. The molecule has 1 N–H and O–H groups in total. The van der Waals surface area contributed by atoms with Crippen molar-refractivity contribution in [2.24, 2.45) is 10.2 Å². The van der Waals surface area contributed by atoms with E-state index in [1.807, 2.05) is 21.9 Å². The minimum atomic E-state index is -0.347. The van der Waals surface area contributed by atoms with Crippen LogP contribution in [0.25, 0.3) is 0 Å². The largest absolute Gasteiger partial charge is 1.00 e. The molecular formula is C28H33LiN6O3-2. The van der Waals surface area contributed by atoms with Crippen molar-refractivity contribution in [1.82, 2.24) is 14.8 Å². The maximum Gasteiger partial charge on any atom is 1.00 e. The third-order valence-corrected chi connectivity index (χ3v) is 6.49. The van der Waals surface area contributed by atoms with Crippen LogP contribution in [0.5, 0.6) is 5.75 Å². The number of anilines is 1. The van der Waals surface area contributed by atoms with Gasteiger partial charge >= 0.3 is 24.9 Å². The maximum absolute atomic E-state index is 13.2. The van der Waals surface area contributed by atoms with Gasteiger partial charge in [0.1, 0.15) is 11.6 Å². The van der Waals surface area contributed by atoms with E-state index >= 15 is 0 Å². The fourth-order valence-corrected chi connectivity index (χ4v) is 4.50. The van der Waals surface area contributed by atoms with Gasteiger partial charge in [-0.3, -0.25) is 9.78 Å². The van der Waals surface area contributed by atoms with Crippen molar-refractivity contribution < 1.29 is 33.2 Å². The minimum absolute atomic E-state index is 0. The summed E-state index contributed by atoms with van der Waals surface area (Å²) in [6, 6.07) is 8.97. The molecule has 3 heterocycles. The van der Waals surface area contributed by atoms with Gasteiger partial charge in [-0.05, 0) is 55.0 Å². The molecule has 1 aromatic carbocycles. The van der Waals surface area contributed by atoms with Crippen molar-refractivity contribution >= 4 is 30.2 Å². The Morgan fingerprint density at radius 1 is 1.11 bits per heavy atom. The number of rotatable bonds is 8. The predicted molar refractivity (Wildman–Crippen MR) is 143 cm³/mol. The number of benzene rings is 1. The summed E-state index contributed by atoms with van der Waals surface area (Å²) in [5.74, 6) is 0.501. The van der Waals surface area contributed by atoms with Crippen molar-refractivity contribution in [1.29, 1.82) is 0 Å². The number of aromatic nitrogens is 1. The number of urea groups is 1. The van der Waals surface area contributed by atoms with Gasteiger partial charge in [0.2, 0.25) is 0 Å². The van der Waals surface area contributed by atoms with E-state index in [2.05, 4.69) is 39.9 Å². The Hall–Kier alpha value is -3.15. The Morgan fingerprint density at radius 2 is 1.92 bits per heavy atom. The summed E-state index contributed by atoms with van der Waals surface area (Å²) in [6.07, 6.45) is 12.0. The molecule has 196 valence electrons. The molecule has 0 radical (unpaired) electrons. The number of pyridine rings is 1. The normalized spacial score (nSPS) is 15.3. The SMILES string of the molecule is [CH2-]CCC[C-]=NN=[C-]c1cccc(NC(=O)c2cc3c(cc2OC)CCN(C(=O)N2CCCCC2)C3)n1.[Li+]. The number of fused-ring (bicyclic) bond motifs is 1. The van der Waals surface area contributed by atoms with Crippen molar-refractivity contribution in [3.05, 3.63) is 59.6 Å². The Labute approximate surface area is 236 Å². The van der Waals surface area contributed by atoms with E-state index in [-0.39, 0.29) is 30.8 Å². The fraction of sp³-hybridized carbons (Fsp3) is 0.429. The Balaban J connectivity index is 0.00000400. The number of carbonyl (C=O) groups excluding carboxylic acids is 2. The molecule has 9 nitrogen and oxygen atoms in total. The first kappa shape index (κ1) is 29.4. The molecule has 38 heavy (non-hydrogen) atoms. The molecule has 0 aliphatic carbocycles. The number of nitrogens with zero attached hydrogens (tertiary/aromatic N) is 5. The van der Waals surface area contributed by atoms with E-state index in [9.17, 15) is 9.59 Å². The number of unbranched alkanes of at least 4 members (excludes halogenated alkanes) is 2. The molecule has 2 aliphatic heterocycles. The van der Waals surface area contributed by atoms with Crippen LogP contribution >= 0.6 is 0 Å². The zero-order valence-electron chi connectivity index (χ0n) is 22.3. The van der Waals surface area contributed by atoms with Crippen LogP contribution in [0.4, 0.5) is 10.6 Å². The van der Waals surface area contributed by atoms with E-state index < -0.39 is 0 Å². The molecule has 0 unspecified atom stereocenters. The van der Waals surface area contributed by atoms with Gasteiger partial charge in [0.05, 0.1) is 12.7 Å². The van der Waals surface area contributed by atoms with Crippen molar-refractivity contribution in [3.63, 3.8) is 0 Å².